The molecule has 1 fully saturated rings. The third-order valence-corrected chi connectivity index (χ3v) is 5.19. The summed E-state index contributed by atoms with van der Waals surface area (Å²) >= 11 is 12.2. The van der Waals surface area contributed by atoms with Crippen LogP contribution in [0.1, 0.15) is 17.5 Å². The maximum Gasteiger partial charge on any atom is 0.316 e. The van der Waals surface area contributed by atoms with Crippen molar-refractivity contribution in [2.45, 2.75) is 20.3 Å². The Labute approximate surface area is 156 Å². The Kier molecular flexibility index (Phi) is 5.02. The molecule has 1 aliphatic heterocycles. The minimum absolute atomic E-state index is 0.0898. The number of esters is 1. The summed E-state index contributed by atoms with van der Waals surface area (Å²) < 4.78 is 5.44. The summed E-state index contributed by atoms with van der Waals surface area (Å²) in [6.07, 6.45) is 0.0898. The van der Waals surface area contributed by atoms with Crippen molar-refractivity contribution in [3.05, 3.63) is 57.6 Å². The molecule has 1 aliphatic rings. The van der Waals surface area contributed by atoms with Crippen molar-refractivity contribution < 1.29 is 14.3 Å². The van der Waals surface area contributed by atoms with Crippen molar-refractivity contribution in [2.75, 3.05) is 11.4 Å². The first kappa shape index (κ1) is 17.8. The second-order valence-corrected chi connectivity index (χ2v) is 6.93. The number of carbonyl (C=O) groups excluding carboxylic acids is 2. The Morgan fingerprint density at radius 2 is 1.92 bits per heavy atom. The van der Waals surface area contributed by atoms with Gasteiger partial charge in [0.15, 0.2) is 0 Å². The molecule has 6 heteroatoms. The van der Waals surface area contributed by atoms with Crippen molar-refractivity contribution in [2.24, 2.45) is 5.92 Å². The molecule has 2 aromatic carbocycles. The van der Waals surface area contributed by atoms with E-state index >= 15 is 0 Å². The minimum atomic E-state index is -0.538. The van der Waals surface area contributed by atoms with E-state index < -0.39 is 11.9 Å². The predicted octanol–water partition coefficient (Wildman–Crippen LogP) is 4.57. The highest BCUT2D eigenvalue weighted by molar-refractivity contribution is 6.44. The Morgan fingerprint density at radius 1 is 1.16 bits per heavy atom. The van der Waals surface area contributed by atoms with Crippen molar-refractivity contribution in [1.82, 2.24) is 0 Å². The molecule has 0 aliphatic carbocycles. The molecule has 1 atom stereocenters. The van der Waals surface area contributed by atoms with Crippen LogP contribution in [0.3, 0.4) is 0 Å². The SMILES string of the molecule is Cc1ccc(OC(=O)[C@H]2CC(=O)N(c3cccc(Cl)c3Cl)C2)cc1C. The number of ether oxygens (including phenoxy) is 1. The van der Waals surface area contributed by atoms with Crippen molar-refractivity contribution >= 4 is 40.8 Å². The monoisotopic (exact) mass is 377 g/mol. The first-order chi connectivity index (χ1) is 11.9. The number of anilines is 1. The Balaban J connectivity index is 1.74. The number of rotatable bonds is 3. The van der Waals surface area contributed by atoms with Crippen LogP contribution in [0.15, 0.2) is 36.4 Å². The molecule has 25 heavy (non-hydrogen) atoms. The number of nitrogens with zero attached hydrogens (tertiary/aromatic N) is 1. The molecule has 0 N–H and O–H groups in total. The van der Waals surface area contributed by atoms with Crippen LogP contribution in [-0.4, -0.2) is 18.4 Å². The summed E-state index contributed by atoms with van der Waals surface area (Å²) in [6, 6.07) is 10.5. The van der Waals surface area contributed by atoms with Crippen LogP contribution in [0, 0.1) is 19.8 Å². The third kappa shape index (κ3) is 3.65. The fourth-order valence-electron chi connectivity index (χ4n) is 2.78. The van der Waals surface area contributed by atoms with Gasteiger partial charge in [-0.2, -0.15) is 0 Å². The van der Waals surface area contributed by atoms with Gasteiger partial charge in [-0.15, -0.1) is 0 Å². The zero-order chi connectivity index (χ0) is 18.1. The molecule has 130 valence electrons. The standard InChI is InChI=1S/C19H17Cl2NO3/c1-11-6-7-14(8-12(11)2)25-19(24)13-9-17(23)22(10-13)16-5-3-4-15(20)18(16)21/h3-8,13H,9-10H2,1-2H3/t13-/m0/s1. The summed E-state index contributed by atoms with van der Waals surface area (Å²) in [7, 11) is 0. The van der Waals surface area contributed by atoms with E-state index in [2.05, 4.69) is 0 Å². The van der Waals surface area contributed by atoms with Gasteiger partial charge in [-0.05, 0) is 49.2 Å². The molecular formula is C19H17Cl2NO3. The fourth-order valence-corrected chi connectivity index (χ4v) is 3.17. The Hall–Kier alpha value is -2.04. The van der Waals surface area contributed by atoms with Crippen molar-refractivity contribution in [3.8, 4) is 5.75 Å². The second kappa shape index (κ2) is 7.06. The second-order valence-electron chi connectivity index (χ2n) is 6.15. The van der Waals surface area contributed by atoms with Gasteiger partial charge in [0.05, 0.1) is 21.7 Å². The van der Waals surface area contributed by atoms with Gasteiger partial charge in [0.1, 0.15) is 5.75 Å². The zero-order valence-corrected chi connectivity index (χ0v) is 15.4. The molecule has 0 spiro atoms. The summed E-state index contributed by atoms with van der Waals surface area (Å²) in [5.41, 5.74) is 2.68. The zero-order valence-electron chi connectivity index (χ0n) is 13.9. The quantitative estimate of drug-likeness (QED) is 0.581. The minimum Gasteiger partial charge on any atom is -0.426 e. The molecule has 2 aromatic rings. The number of hydrogen-bond donors (Lipinski definition) is 0. The van der Waals surface area contributed by atoms with E-state index in [1.54, 1.807) is 24.3 Å². The van der Waals surface area contributed by atoms with Gasteiger partial charge in [-0.3, -0.25) is 9.59 Å². The smallest absolute Gasteiger partial charge is 0.316 e. The molecule has 1 heterocycles. The first-order valence-electron chi connectivity index (χ1n) is 7.90. The van der Waals surface area contributed by atoms with Crippen LogP contribution in [0.2, 0.25) is 10.0 Å². The summed E-state index contributed by atoms with van der Waals surface area (Å²) in [6.45, 7) is 4.17. The van der Waals surface area contributed by atoms with Crippen molar-refractivity contribution in [3.63, 3.8) is 0 Å². The van der Waals surface area contributed by atoms with E-state index in [9.17, 15) is 9.59 Å². The van der Waals surface area contributed by atoms with Crippen LogP contribution in [-0.2, 0) is 9.59 Å². The molecule has 1 amide bonds. The number of halogens is 2. The summed E-state index contributed by atoms with van der Waals surface area (Å²) in [5, 5.41) is 0.675. The summed E-state index contributed by atoms with van der Waals surface area (Å²) in [4.78, 5) is 26.2. The van der Waals surface area contributed by atoms with Crippen LogP contribution >= 0.6 is 23.2 Å². The fraction of sp³-hybridized carbons (Fsp3) is 0.263. The lowest BCUT2D eigenvalue weighted by Crippen LogP contribution is -2.27. The van der Waals surface area contributed by atoms with Gasteiger partial charge in [0.2, 0.25) is 5.91 Å². The predicted molar refractivity (Wildman–Crippen MR) is 98.5 cm³/mol. The topological polar surface area (TPSA) is 46.6 Å². The molecule has 0 radical (unpaired) electrons. The van der Waals surface area contributed by atoms with Crippen molar-refractivity contribution in [1.29, 1.82) is 0 Å². The van der Waals surface area contributed by atoms with Crippen LogP contribution in [0.4, 0.5) is 5.69 Å². The summed E-state index contributed by atoms with van der Waals surface area (Å²) in [5.74, 6) is -0.646. The number of carbonyl (C=O) groups is 2. The molecular weight excluding hydrogens is 361 g/mol. The highest BCUT2D eigenvalue weighted by atomic mass is 35.5. The molecule has 0 saturated carbocycles. The number of hydrogen-bond acceptors (Lipinski definition) is 3. The highest BCUT2D eigenvalue weighted by Crippen LogP contribution is 2.36. The molecule has 0 unspecified atom stereocenters. The number of aryl methyl sites for hydroxylation is 2. The van der Waals surface area contributed by atoms with Crippen LogP contribution < -0.4 is 9.64 Å². The maximum atomic E-state index is 12.4. The molecule has 3 rings (SSSR count). The number of amides is 1. The third-order valence-electron chi connectivity index (χ3n) is 4.38. The Morgan fingerprint density at radius 3 is 2.64 bits per heavy atom. The lowest BCUT2D eigenvalue weighted by atomic mass is 10.1. The lowest BCUT2D eigenvalue weighted by molar-refractivity contribution is -0.139. The van der Waals surface area contributed by atoms with E-state index in [4.69, 9.17) is 27.9 Å². The van der Waals surface area contributed by atoms with Crippen LogP contribution in [0.5, 0.6) is 5.75 Å². The highest BCUT2D eigenvalue weighted by Gasteiger charge is 2.37. The van der Waals surface area contributed by atoms with Gasteiger partial charge in [0, 0.05) is 13.0 Å². The van der Waals surface area contributed by atoms with Gasteiger partial charge in [0.25, 0.3) is 0 Å². The first-order valence-corrected chi connectivity index (χ1v) is 8.65. The average molecular weight is 378 g/mol. The average Bonchev–Trinajstić information content (AvgIpc) is 2.95. The molecule has 1 saturated heterocycles. The maximum absolute atomic E-state index is 12.4. The van der Waals surface area contributed by atoms with E-state index in [0.717, 1.165) is 11.1 Å². The molecule has 4 nitrogen and oxygen atoms in total. The van der Waals surface area contributed by atoms with Gasteiger partial charge in [-0.1, -0.05) is 35.3 Å². The van der Waals surface area contributed by atoms with Gasteiger partial charge >= 0.3 is 5.97 Å². The van der Waals surface area contributed by atoms with Gasteiger partial charge in [-0.25, -0.2) is 0 Å². The normalized spacial score (nSPS) is 17.0. The van der Waals surface area contributed by atoms with E-state index in [-0.39, 0.29) is 18.9 Å². The van der Waals surface area contributed by atoms with E-state index in [0.29, 0.717) is 21.5 Å². The number of benzene rings is 2. The van der Waals surface area contributed by atoms with E-state index in [1.165, 1.54) is 4.90 Å². The molecule has 0 aromatic heterocycles. The largest absolute Gasteiger partial charge is 0.426 e. The van der Waals surface area contributed by atoms with E-state index in [1.807, 2.05) is 26.0 Å². The Bertz CT molecular complexity index is 851. The van der Waals surface area contributed by atoms with Crippen LogP contribution in [0.25, 0.3) is 0 Å². The van der Waals surface area contributed by atoms with Gasteiger partial charge < -0.3 is 9.64 Å². The lowest BCUT2D eigenvalue weighted by Gasteiger charge is -2.18. The molecule has 0 bridgehead atoms.